The lowest BCUT2D eigenvalue weighted by Crippen LogP contribution is -2.52. The van der Waals surface area contributed by atoms with Gasteiger partial charge in [-0.25, -0.2) is 4.79 Å². The van der Waals surface area contributed by atoms with Gasteiger partial charge in [0.1, 0.15) is 5.60 Å². The van der Waals surface area contributed by atoms with Crippen molar-refractivity contribution in [2.75, 3.05) is 0 Å². The van der Waals surface area contributed by atoms with Crippen molar-refractivity contribution in [2.45, 2.75) is 51.3 Å². The third-order valence-electron chi connectivity index (χ3n) is 3.26. The molecule has 2 aliphatic rings. The molecule has 1 fully saturated rings. The summed E-state index contributed by atoms with van der Waals surface area (Å²) in [5, 5.41) is 13.3. The Morgan fingerprint density at radius 1 is 1.47 bits per heavy atom. The number of β-lactam (4-membered cyclic amide) rings is 1. The van der Waals surface area contributed by atoms with Gasteiger partial charge in [0.25, 0.3) is 0 Å². The van der Waals surface area contributed by atoms with Crippen LogP contribution in [0.2, 0.25) is 0 Å². The number of ether oxygens (including phenoxy) is 1. The second-order valence-corrected chi connectivity index (χ2v) is 6.05. The number of carbonyl (C=O) groups is 2. The van der Waals surface area contributed by atoms with E-state index in [2.05, 4.69) is 5.32 Å². The maximum Gasteiger partial charge on any atom is 0.434 e. The van der Waals surface area contributed by atoms with Gasteiger partial charge in [-0.2, -0.15) is 5.06 Å². The third kappa shape index (κ3) is 3.26. The van der Waals surface area contributed by atoms with Crippen molar-refractivity contribution in [3.05, 3.63) is 12.2 Å². The van der Waals surface area contributed by atoms with E-state index in [1.165, 1.54) is 0 Å². The van der Waals surface area contributed by atoms with Crippen LogP contribution in [-0.2, 0) is 9.53 Å². The van der Waals surface area contributed by atoms with Crippen LogP contribution in [0.1, 0.15) is 33.6 Å². The van der Waals surface area contributed by atoms with Gasteiger partial charge in [-0.1, -0.05) is 12.2 Å². The quantitative estimate of drug-likeness (QED) is 0.344. The molecule has 0 radical (unpaired) electrons. The first-order chi connectivity index (χ1) is 8.76. The summed E-state index contributed by atoms with van der Waals surface area (Å²) in [5.41, 5.74) is -0.637. The summed E-state index contributed by atoms with van der Waals surface area (Å²) in [6.07, 6.45) is 4.07. The Morgan fingerprint density at radius 2 is 2.11 bits per heavy atom. The van der Waals surface area contributed by atoms with E-state index in [-0.39, 0.29) is 17.9 Å². The van der Waals surface area contributed by atoms with Crippen LogP contribution < -0.4 is 5.32 Å². The first kappa shape index (κ1) is 13.9. The highest BCUT2D eigenvalue weighted by atomic mass is 16.6. The van der Waals surface area contributed by atoms with Crippen LogP contribution in [0.4, 0.5) is 4.79 Å². The summed E-state index contributed by atoms with van der Waals surface area (Å²) in [6.45, 7) is 5.24. The van der Waals surface area contributed by atoms with Crippen molar-refractivity contribution in [3.63, 3.8) is 0 Å². The van der Waals surface area contributed by atoms with Crippen LogP contribution in [0, 0.1) is 5.92 Å². The first-order valence-corrected chi connectivity index (χ1v) is 6.45. The summed E-state index contributed by atoms with van der Waals surface area (Å²) in [5.74, 6) is 0.217. The third-order valence-corrected chi connectivity index (χ3v) is 3.26. The zero-order valence-corrected chi connectivity index (χ0v) is 11.4. The predicted octanol–water partition coefficient (Wildman–Crippen LogP) is 1.45. The molecule has 0 aromatic rings. The number of rotatable bonds is 2. The summed E-state index contributed by atoms with van der Waals surface area (Å²) >= 11 is 0. The molecule has 6 heteroatoms. The zero-order valence-electron chi connectivity index (χ0n) is 11.4. The second-order valence-electron chi connectivity index (χ2n) is 6.05. The molecule has 106 valence electrons. The molecule has 0 unspecified atom stereocenters. The largest absolute Gasteiger partial charge is 0.442 e. The average Bonchev–Trinajstić information content (AvgIpc) is 2.70. The van der Waals surface area contributed by atoms with E-state index in [1.807, 2.05) is 6.08 Å². The number of nitrogens with zero attached hydrogens (tertiary/aromatic N) is 1. The molecule has 1 saturated heterocycles. The molecular weight excluding hydrogens is 248 g/mol. The van der Waals surface area contributed by atoms with E-state index < -0.39 is 17.7 Å². The molecular formula is C13H20N2O4. The Balaban J connectivity index is 1.85. The monoisotopic (exact) mass is 268 g/mol. The second kappa shape index (κ2) is 4.85. The van der Waals surface area contributed by atoms with Crippen molar-refractivity contribution in [2.24, 2.45) is 5.92 Å². The van der Waals surface area contributed by atoms with Gasteiger partial charge in [0, 0.05) is 12.5 Å². The zero-order chi connectivity index (χ0) is 14.2. The predicted molar refractivity (Wildman–Crippen MR) is 67.4 cm³/mol. The molecule has 0 aromatic heterocycles. The molecule has 2 N–H and O–H groups in total. The molecule has 3 atom stereocenters. The molecule has 0 aromatic carbocycles. The molecule has 0 bridgehead atoms. The van der Waals surface area contributed by atoms with Crippen molar-refractivity contribution in [3.8, 4) is 0 Å². The van der Waals surface area contributed by atoms with Gasteiger partial charge in [0.2, 0.25) is 5.91 Å². The van der Waals surface area contributed by atoms with Crippen molar-refractivity contribution in [1.82, 2.24) is 10.4 Å². The molecule has 0 spiro atoms. The van der Waals surface area contributed by atoms with E-state index in [9.17, 15) is 14.8 Å². The smallest absolute Gasteiger partial charge is 0.434 e. The molecule has 1 heterocycles. The highest BCUT2D eigenvalue weighted by molar-refractivity contribution is 5.83. The SMILES string of the molecule is CC(C)(C)OC(=O)N(O)[C@H]1C=C[C@@H]([C@@H]2CC(=O)N2)C1. The van der Waals surface area contributed by atoms with Crippen LogP contribution in [0.3, 0.4) is 0 Å². The van der Waals surface area contributed by atoms with Gasteiger partial charge in [0.05, 0.1) is 6.04 Å². The Morgan fingerprint density at radius 3 is 2.63 bits per heavy atom. The standard InChI is InChI=1S/C13H20N2O4/c1-13(2,3)19-12(17)15(18)9-5-4-8(6-9)10-7-11(16)14-10/h4-5,8-10,18H,6-7H2,1-3H3,(H,14,16)/t8-,9+,10+/m1/s1. The lowest BCUT2D eigenvalue weighted by Gasteiger charge is -2.32. The van der Waals surface area contributed by atoms with Crippen LogP contribution in [0.25, 0.3) is 0 Å². The fourth-order valence-corrected chi connectivity index (χ4v) is 2.27. The van der Waals surface area contributed by atoms with E-state index in [1.54, 1.807) is 26.8 Å². The van der Waals surface area contributed by atoms with E-state index >= 15 is 0 Å². The van der Waals surface area contributed by atoms with Gasteiger partial charge in [-0.3, -0.25) is 10.0 Å². The van der Waals surface area contributed by atoms with Crippen LogP contribution >= 0.6 is 0 Å². The maximum absolute atomic E-state index is 11.7. The number of hydrogen-bond acceptors (Lipinski definition) is 4. The van der Waals surface area contributed by atoms with E-state index in [4.69, 9.17) is 4.74 Å². The van der Waals surface area contributed by atoms with E-state index in [0.29, 0.717) is 17.9 Å². The highest BCUT2D eigenvalue weighted by Gasteiger charge is 2.37. The Labute approximate surface area is 112 Å². The van der Waals surface area contributed by atoms with Gasteiger partial charge in [-0.05, 0) is 33.1 Å². The Bertz CT molecular complexity index is 405. The Hall–Kier alpha value is -1.56. The summed E-state index contributed by atoms with van der Waals surface area (Å²) in [4.78, 5) is 22.6. The summed E-state index contributed by atoms with van der Waals surface area (Å²) in [7, 11) is 0. The van der Waals surface area contributed by atoms with Gasteiger partial charge in [0.15, 0.2) is 0 Å². The van der Waals surface area contributed by atoms with Gasteiger partial charge in [-0.15, -0.1) is 0 Å². The number of hydroxylamine groups is 2. The normalized spacial score (nSPS) is 29.7. The molecule has 0 saturated carbocycles. The summed E-state index contributed by atoms with van der Waals surface area (Å²) < 4.78 is 5.10. The molecule has 2 amide bonds. The number of hydrogen-bond donors (Lipinski definition) is 2. The topological polar surface area (TPSA) is 78.9 Å². The van der Waals surface area contributed by atoms with Crippen molar-refractivity contribution >= 4 is 12.0 Å². The average molecular weight is 268 g/mol. The van der Waals surface area contributed by atoms with Crippen molar-refractivity contribution < 1.29 is 19.5 Å². The maximum atomic E-state index is 11.7. The lowest BCUT2D eigenvalue weighted by molar-refractivity contribution is -0.130. The van der Waals surface area contributed by atoms with Crippen molar-refractivity contribution in [1.29, 1.82) is 0 Å². The number of amides is 2. The fraction of sp³-hybridized carbons (Fsp3) is 0.692. The minimum absolute atomic E-state index is 0.0508. The molecule has 6 nitrogen and oxygen atoms in total. The molecule has 19 heavy (non-hydrogen) atoms. The highest BCUT2D eigenvalue weighted by Crippen LogP contribution is 2.29. The summed E-state index contributed by atoms with van der Waals surface area (Å²) in [6, 6.07) is -0.266. The van der Waals surface area contributed by atoms with Crippen LogP contribution in [0.15, 0.2) is 12.2 Å². The lowest BCUT2D eigenvalue weighted by atomic mass is 9.90. The molecule has 1 aliphatic carbocycles. The molecule has 1 aliphatic heterocycles. The van der Waals surface area contributed by atoms with E-state index in [0.717, 1.165) is 0 Å². The van der Waals surface area contributed by atoms with Gasteiger partial charge >= 0.3 is 6.09 Å². The number of nitrogens with one attached hydrogen (secondary N) is 1. The Kier molecular flexibility index (Phi) is 3.54. The fourth-order valence-electron chi connectivity index (χ4n) is 2.27. The first-order valence-electron chi connectivity index (χ1n) is 6.45. The number of carbonyl (C=O) groups excluding carboxylic acids is 2. The minimum atomic E-state index is -0.750. The van der Waals surface area contributed by atoms with Gasteiger partial charge < -0.3 is 10.1 Å². The minimum Gasteiger partial charge on any atom is -0.442 e. The van der Waals surface area contributed by atoms with Crippen LogP contribution in [0.5, 0.6) is 0 Å². The van der Waals surface area contributed by atoms with Crippen LogP contribution in [-0.4, -0.2) is 40.0 Å². The molecule has 2 rings (SSSR count).